The summed E-state index contributed by atoms with van der Waals surface area (Å²) < 4.78 is 11.6. The lowest BCUT2D eigenvalue weighted by Crippen LogP contribution is -2.21. The number of rotatable bonds is 3. The highest BCUT2D eigenvalue weighted by Crippen LogP contribution is 2.39. The SMILES string of the molecule is COc1ccc(-c2noc(C3CC4CCC3N4)n2)cc1Br. The van der Waals surface area contributed by atoms with Crippen molar-refractivity contribution in [2.24, 2.45) is 0 Å². The summed E-state index contributed by atoms with van der Waals surface area (Å²) in [6, 6.07) is 6.93. The third-order valence-corrected chi connectivity index (χ3v) is 5.09. The molecule has 1 aromatic heterocycles. The summed E-state index contributed by atoms with van der Waals surface area (Å²) in [6.45, 7) is 0. The molecule has 3 heterocycles. The van der Waals surface area contributed by atoms with Crippen LogP contribution in [-0.2, 0) is 0 Å². The number of nitrogens with zero attached hydrogens (tertiary/aromatic N) is 2. The van der Waals surface area contributed by atoms with E-state index in [0.29, 0.717) is 23.8 Å². The molecule has 5 nitrogen and oxygen atoms in total. The van der Waals surface area contributed by atoms with E-state index in [0.717, 1.165) is 28.1 Å². The van der Waals surface area contributed by atoms with Crippen LogP contribution in [0.15, 0.2) is 27.2 Å². The van der Waals surface area contributed by atoms with Gasteiger partial charge >= 0.3 is 0 Å². The first-order valence-electron chi connectivity index (χ1n) is 7.18. The fraction of sp³-hybridized carbons (Fsp3) is 0.467. The molecule has 21 heavy (non-hydrogen) atoms. The lowest BCUT2D eigenvalue weighted by atomic mass is 9.89. The van der Waals surface area contributed by atoms with E-state index in [9.17, 15) is 0 Å². The number of aromatic nitrogens is 2. The van der Waals surface area contributed by atoms with Gasteiger partial charge < -0.3 is 14.6 Å². The van der Waals surface area contributed by atoms with Crippen molar-refractivity contribution in [1.82, 2.24) is 15.5 Å². The minimum absolute atomic E-state index is 0.367. The van der Waals surface area contributed by atoms with Crippen molar-refractivity contribution in [1.29, 1.82) is 0 Å². The van der Waals surface area contributed by atoms with Crippen molar-refractivity contribution in [2.45, 2.75) is 37.3 Å². The molecule has 2 aliphatic rings. The number of hydrogen-bond acceptors (Lipinski definition) is 5. The first-order chi connectivity index (χ1) is 10.2. The first-order valence-corrected chi connectivity index (χ1v) is 7.97. The summed E-state index contributed by atoms with van der Waals surface area (Å²) >= 11 is 3.48. The molecule has 1 N–H and O–H groups in total. The van der Waals surface area contributed by atoms with Crippen molar-refractivity contribution in [2.75, 3.05) is 7.11 Å². The number of methoxy groups -OCH3 is 1. The molecule has 110 valence electrons. The van der Waals surface area contributed by atoms with Crippen LogP contribution >= 0.6 is 15.9 Å². The Morgan fingerprint density at radius 1 is 1.38 bits per heavy atom. The van der Waals surface area contributed by atoms with Crippen LogP contribution in [-0.4, -0.2) is 29.3 Å². The van der Waals surface area contributed by atoms with Gasteiger partial charge in [-0.05, 0) is 53.4 Å². The van der Waals surface area contributed by atoms with Gasteiger partial charge in [0.25, 0.3) is 0 Å². The molecule has 0 saturated carbocycles. The molecule has 0 radical (unpaired) electrons. The molecule has 3 unspecified atom stereocenters. The Morgan fingerprint density at radius 3 is 2.95 bits per heavy atom. The second-order valence-electron chi connectivity index (χ2n) is 5.70. The van der Waals surface area contributed by atoms with Gasteiger partial charge in [-0.3, -0.25) is 0 Å². The number of nitrogens with one attached hydrogen (secondary N) is 1. The van der Waals surface area contributed by atoms with E-state index >= 15 is 0 Å². The molecular weight excluding hydrogens is 334 g/mol. The van der Waals surface area contributed by atoms with Crippen molar-refractivity contribution in [3.8, 4) is 17.1 Å². The van der Waals surface area contributed by atoms with E-state index in [1.165, 1.54) is 12.8 Å². The Balaban J connectivity index is 1.61. The van der Waals surface area contributed by atoms with Crippen LogP contribution in [0.5, 0.6) is 5.75 Å². The maximum Gasteiger partial charge on any atom is 0.231 e. The fourth-order valence-corrected chi connectivity index (χ4v) is 3.95. The van der Waals surface area contributed by atoms with Crippen LogP contribution in [0.25, 0.3) is 11.4 Å². The van der Waals surface area contributed by atoms with E-state index in [1.54, 1.807) is 7.11 Å². The Bertz CT molecular complexity index is 673. The molecule has 2 bridgehead atoms. The normalized spacial score (nSPS) is 27.2. The molecule has 2 fully saturated rings. The van der Waals surface area contributed by atoms with Crippen LogP contribution in [0.1, 0.15) is 31.1 Å². The second-order valence-corrected chi connectivity index (χ2v) is 6.55. The van der Waals surface area contributed by atoms with Gasteiger partial charge in [0.05, 0.1) is 17.5 Å². The highest BCUT2D eigenvalue weighted by Gasteiger charge is 2.42. The zero-order valence-electron chi connectivity index (χ0n) is 11.7. The first kappa shape index (κ1) is 13.3. The lowest BCUT2D eigenvalue weighted by molar-refractivity contribution is 0.329. The summed E-state index contributed by atoms with van der Waals surface area (Å²) in [6.07, 6.45) is 3.59. The van der Waals surface area contributed by atoms with Crippen LogP contribution in [0.2, 0.25) is 0 Å². The maximum atomic E-state index is 5.50. The van der Waals surface area contributed by atoms with Crippen LogP contribution in [0.4, 0.5) is 0 Å². The monoisotopic (exact) mass is 349 g/mol. The highest BCUT2D eigenvalue weighted by atomic mass is 79.9. The van der Waals surface area contributed by atoms with Gasteiger partial charge in [-0.2, -0.15) is 4.98 Å². The van der Waals surface area contributed by atoms with Gasteiger partial charge in [-0.1, -0.05) is 5.16 Å². The summed E-state index contributed by atoms with van der Waals surface area (Å²) in [7, 11) is 1.65. The summed E-state index contributed by atoms with van der Waals surface area (Å²) in [5.41, 5.74) is 0.925. The minimum Gasteiger partial charge on any atom is -0.496 e. The predicted molar refractivity (Wildman–Crippen MR) is 81.3 cm³/mol. The van der Waals surface area contributed by atoms with Crippen LogP contribution < -0.4 is 10.1 Å². The number of fused-ring (bicyclic) bond motifs is 2. The van der Waals surface area contributed by atoms with Crippen molar-refractivity contribution < 1.29 is 9.26 Å². The summed E-state index contributed by atoms with van der Waals surface area (Å²) in [5.74, 6) is 2.55. The third kappa shape index (κ3) is 2.26. The number of benzene rings is 1. The van der Waals surface area contributed by atoms with Gasteiger partial charge in [-0.15, -0.1) is 0 Å². The van der Waals surface area contributed by atoms with Gasteiger partial charge in [0, 0.05) is 17.6 Å². The molecule has 6 heteroatoms. The third-order valence-electron chi connectivity index (χ3n) is 4.47. The maximum absolute atomic E-state index is 5.50. The molecule has 2 aliphatic heterocycles. The zero-order valence-corrected chi connectivity index (χ0v) is 13.3. The summed E-state index contributed by atoms with van der Waals surface area (Å²) in [5, 5.41) is 7.73. The average molecular weight is 350 g/mol. The smallest absolute Gasteiger partial charge is 0.231 e. The molecule has 4 rings (SSSR count). The highest BCUT2D eigenvalue weighted by molar-refractivity contribution is 9.10. The predicted octanol–water partition coefficient (Wildman–Crippen LogP) is 3.12. The summed E-state index contributed by atoms with van der Waals surface area (Å²) in [4.78, 5) is 4.60. The lowest BCUT2D eigenvalue weighted by Gasteiger charge is -2.15. The second kappa shape index (κ2) is 5.10. The van der Waals surface area contributed by atoms with E-state index in [-0.39, 0.29) is 0 Å². The van der Waals surface area contributed by atoms with Gasteiger partial charge in [-0.25, -0.2) is 0 Å². The molecule has 3 atom stereocenters. The van der Waals surface area contributed by atoms with Gasteiger partial charge in [0.2, 0.25) is 11.7 Å². The number of hydrogen-bond donors (Lipinski definition) is 1. The van der Waals surface area contributed by atoms with Gasteiger partial charge in [0.1, 0.15) is 5.75 Å². The molecule has 0 aliphatic carbocycles. The average Bonchev–Trinajstić information content (AvgIpc) is 3.22. The number of halogens is 1. The molecule has 2 aromatic rings. The molecular formula is C15H16BrN3O2. The Labute approximate surface area is 131 Å². The van der Waals surface area contributed by atoms with Crippen molar-refractivity contribution >= 4 is 15.9 Å². The zero-order chi connectivity index (χ0) is 14.4. The molecule has 1 aromatic carbocycles. The van der Waals surface area contributed by atoms with Crippen molar-refractivity contribution in [3.05, 3.63) is 28.6 Å². The topological polar surface area (TPSA) is 60.2 Å². The Hall–Kier alpha value is -1.40. The minimum atomic E-state index is 0.367. The van der Waals surface area contributed by atoms with E-state index < -0.39 is 0 Å². The largest absolute Gasteiger partial charge is 0.496 e. The van der Waals surface area contributed by atoms with Crippen LogP contribution in [0, 0.1) is 0 Å². The fourth-order valence-electron chi connectivity index (χ4n) is 3.41. The van der Waals surface area contributed by atoms with E-state index in [4.69, 9.17) is 9.26 Å². The van der Waals surface area contributed by atoms with E-state index in [2.05, 4.69) is 31.4 Å². The quantitative estimate of drug-likeness (QED) is 0.922. The standard InChI is InChI=1S/C15H16BrN3O2/c1-20-13-5-2-8(6-11(13)16)14-18-15(21-19-14)10-7-9-3-4-12(10)17-9/h2,5-6,9-10,12,17H,3-4,7H2,1H3. The molecule has 0 amide bonds. The molecule has 2 saturated heterocycles. The van der Waals surface area contributed by atoms with Crippen LogP contribution in [0.3, 0.4) is 0 Å². The number of ether oxygens (including phenoxy) is 1. The van der Waals surface area contributed by atoms with Gasteiger partial charge in [0.15, 0.2) is 0 Å². The Kier molecular flexibility index (Phi) is 3.23. The Morgan fingerprint density at radius 2 is 2.29 bits per heavy atom. The van der Waals surface area contributed by atoms with Crippen molar-refractivity contribution in [3.63, 3.8) is 0 Å². The molecule has 0 spiro atoms. The van der Waals surface area contributed by atoms with E-state index in [1.807, 2.05) is 18.2 Å².